The fourth-order valence-electron chi connectivity index (χ4n) is 2.27. The van der Waals surface area contributed by atoms with E-state index in [-0.39, 0.29) is 12.4 Å². The van der Waals surface area contributed by atoms with Crippen LogP contribution < -0.4 is 5.32 Å². The summed E-state index contributed by atoms with van der Waals surface area (Å²) in [6.45, 7) is 2.26. The van der Waals surface area contributed by atoms with E-state index in [1.165, 1.54) is 18.4 Å². The van der Waals surface area contributed by atoms with Gasteiger partial charge in [-0.05, 0) is 25.5 Å². The van der Waals surface area contributed by atoms with Crippen LogP contribution in [-0.2, 0) is 0 Å². The lowest BCUT2D eigenvalue weighted by Gasteiger charge is -2.13. The molecule has 0 bridgehead atoms. The maximum Gasteiger partial charge on any atom is 0.0251 e. The van der Waals surface area contributed by atoms with E-state index in [4.69, 9.17) is 0 Å². The van der Waals surface area contributed by atoms with Crippen LogP contribution in [0.2, 0.25) is 0 Å². The van der Waals surface area contributed by atoms with Crippen molar-refractivity contribution < 1.29 is 0 Å². The van der Waals surface area contributed by atoms with Crippen LogP contribution in [0.3, 0.4) is 0 Å². The van der Waals surface area contributed by atoms with Gasteiger partial charge in [0.05, 0.1) is 0 Å². The van der Waals surface area contributed by atoms with E-state index >= 15 is 0 Å². The predicted octanol–water partition coefficient (Wildman–Crippen LogP) is 2.96. The summed E-state index contributed by atoms with van der Waals surface area (Å²) in [6.07, 6.45) is 2.52. The normalized spacial score (nSPS) is 29.4. The summed E-state index contributed by atoms with van der Waals surface area (Å²) in [7, 11) is 2.08. The summed E-state index contributed by atoms with van der Waals surface area (Å²) in [5.74, 6) is 0.740. The third kappa shape index (κ3) is 1.79. The zero-order chi connectivity index (χ0) is 9.31. The number of hydrogen-bond donors (Lipinski definition) is 1. The third-order valence-corrected chi connectivity index (χ3v) is 3.41. The van der Waals surface area contributed by atoms with E-state index in [9.17, 15) is 0 Å². The smallest absolute Gasteiger partial charge is 0.0251 e. The number of benzene rings is 1. The van der Waals surface area contributed by atoms with Crippen molar-refractivity contribution in [3.8, 4) is 0 Å². The first-order valence-electron chi connectivity index (χ1n) is 5.06. The Kier molecular flexibility index (Phi) is 3.57. The fraction of sp³-hybridized carbons (Fsp3) is 0.500. The lowest BCUT2D eigenvalue weighted by atomic mass is 10.0. The van der Waals surface area contributed by atoms with Crippen LogP contribution >= 0.6 is 12.4 Å². The zero-order valence-corrected chi connectivity index (χ0v) is 9.60. The van der Waals surface area contributed by atoms with Crippen LogP contribution in [-0.4, -0.2) is 12.6 Å². The summed E-state index contributed by atoms with van der Waals surface area (Å²) >= 11 is 0. The topological polar surface area (TPSA) is 12.0 Å². The number of hydrogen-bond acceptors (Lipinski definition) is 1. The number of likely N-dealkylation sites (N-methyl/N-ethyl adjacent to an activating group) is 1. The predicted molar refractivity (Wildman–Crippen MR) is 63.1 cm³/mol. The van der Waals surface area contributed by atoms with Crippen molar-refractivity contribution in [3.63, 3.8) is 0 Å². The van der Waals surface area contributed by atoms with E-state index in [0.29, 0.717) is 5.54 Å². The molecule has 1 saturated carbocycles. The van der Waals surface area contributed by atoms with Gasteiger partial charge in [0.25, 0.3) is 0 Å². The molecule has 2 rings (SSSR count). The van der Waals surface area contributed by atoms with Crippen molar-refractivity contribution in [2.45, 2.75) is 31.2 Å². The third-order valence-electron chi connectivity index (χ3n) is 3.41. The minimum Gasteiger partial charge on any atom is -0.314 e. The van der Waals surface area contributed by atoms with Gasteiger partial charge >= 0.3 is 0 Å². The molecule has 14 heavy (non-hydrogen) atoms. The molecule has 78 valence electrons. The van der Waals surface area contributed by atoms with Crippen LogP contribution in [0.1, 0.15) is 31.2 Å². The molecule has 1 nitrogen and oxygen atoms in total. The van der Waals surface area contributed by atoms with E-state index in [1.54, 1.807) is 0 Å². The lowest BCUT2D eigenvalue weighted by Crippen LogP contribution is -2.28. The molecule has 2 unspecified atom stereocenters. The number of rotatable bonds is 3. The molecule has 1 aromatic rings. The Morgan fingerprint density at radius 2 is 2.00 bits per heavy atom. The first kappa shape index (κ1) is 11.5. The molecule has 1 aliphatic carbocycles. The number of nitrogens with one attached hydrogen (secondary N) is 1. The molecule has 0 spiro atoms. The van der Waals surface area contributed by atoms with E-state index in [0.717, 1.165) is 5.92 Å². The molecule has 2 atom stereocenters. The largest absolute Gasteiger partial charge is 0.314 e. The van der Waals surface area contributed by atoms with E-state index in [2.05, 4.69) is 49.6 Å². The Bertz CT molecular complexity index is 280. The van der Waals surface area contributed by atoms with Gasteiger partial charge in [0.2, 0.25) is 0 Å². The second-order valence-corrected chi connectivity index (χ2v) is 3.93. The number of halogens is 1. The van der Waals surface area contributed by atoms with Crippen molar-refractivity contribution >= 4 is 12.4 Å². The van der Waals surface area contributed by atoms with Crippen LogP contribution in [0.4, 0.5) is 0 Å². The lowest BCUT2D eigenvalue weighted by molar-refractivity contribution is 0.516. The van der Waals surface area contributed by atoms with Crippen LogP contribution in [0.5, 0.6) is 0 Å². The summed E-state index contributed by atoms with van der Waals surface area (Å²) in [4.78, 5) is 0. The average molecular weight is 212 g/mol. The van der Waals surface area contributed by atoms with Gasteiger partial charge in [0.1, 0.15) is 0 Å². The van der Waals surface area contributed by atoms with E-state index < -0.39 is 0 Å². The standard InChI is InChI=1S/C12H17N.ClH/c1-3-12(13-2)9-11(12)10-7-5-4-6-8-10;/h4-8,11,13H,3,9H2,1-2H3;1H. The van der Waals surface area contributed by atoms with Crippen LogP contribution in [0, 0.1) is 0 Å². The van der Waals surface area contributed by atoms with Crippen molar-refractivity contribution in [3.05, 3.63) is 35.9 Å². The molecule has 1 N–H and O–H groups in total. The van der Waals surface area contributed by atoms with Crippen LogP contribution in [0.25, 0.3) is 0 Å². The van der Waals surface area contributed by atoms with Crippen molar-refractivity contribution in [2.75, 3.05) is 7.05 Å². The fourth-order valence-corrected chi connectivity index (χ4v) is 2.27. The van der Waals surface area contributed by atoms with Gasteiger partial charge in [0.15, 0.2) is 0 Å². The second-order valence-electron chi connectivity index (χ2n) is 3.93. The SMILES string of the molecule is CCC1(NC)CC1c1ccccc1.Cl. The van der Waals surface area contributed by atoms with Gasteiger partial charge in [-0.1, -0.05) is 37.3 Å². The Balaban J connectivity index is 0.000000980. The zero-order valence-electron chi connectivity index (χ0n) is 8.79. The summed E-state index contributed by atoms with van der Waals surface area (Å²) < 4.78 is 0. The van der Waals surface area contributed by atoms with Crippen LogP contribution in [0.15, 0.2) is 30.3 Å². The highest BCUT2D eigenvalue weighted by atomic mass is 35.5. The molecule has 0 amide bonds. The van der Waals surface area contributed by atoms with Crippen molar-refractivity contribution in [1.82, 2.24) is 5.32 Å². The molecule has 1 fully saturated rings. The van der Waals surface area contributed by atoms with Crippen molar-refractivity contribution in [1.29, 1.82) is 0 Å². The Labute approximate surface area is 92.3 Å². The highest BCUT2D eigenvalue weighted by Crippen LogP contribution is 2.53. The molecule has 2 heteroatoms. The van der Waals surface area contributed by atoms with Gasteiger partial charge < -0.3 is 5.32 Å². The molecule has 0 aromatic heterocycles. The summed E-state index contributed by atoms with van der Waals surface area (Å²) in [6, 6.07) is 10.8. The Hall–Kier alpha value is -0.530. The van der Waals surface area contributed by atoms with Crippen molar-refractivity contribution in [2.24, 2.45) is 0 Å². The Morgan fingerprint density at radius 3 is 2.43 bits per heavy atom. The second kappa shape index (κ2) is 4.33. The van der Waals surface area contributed by atoms with E-state index in [1.807, 2.05) is 0 Å². The molecular formula is C12H18ClN. The average Bonchev–Trinajstić information content (AvgIpc) is 2.95. The summed E-state index contributed by atoms with van der Waals surface area (Å²) in [5.41, 5.74) is 1.89. The highest BCUT2D eigenvalue weighted by Gasteiger charge is 2.51. The molecule has 0 aliphatic heterocycles. The molecule has 1 aliphatic rings. The molecule has 0 heterocycles. The Morgan fingerprint density at radius 1 is 1.36 bits per heavy atom. The maximum absolute atomic E-state index is 3.45. The monoisotopic (exact) mass is 211 g/mol. The quantitative estimate of drug-likeness (QED) is 0.811. The first-order chi connectivity index (χ1) is 6.32. The van der Waals surface area contributed by atoms with Gasteiger partial charge in [-0.3, -0.25) is 0 Å². The maximum atomic E-state index is 3.45. The molecule has 0 radical (unpaired) electrons. The summed E-state index contributed by atoms with van der Waals surface area (Å²) in [5, 5.41) is 3.45. The van der Waals surface area contributed by atoms with Gasteiger partial charge in [-0.15, -0.1) is 12.4 Å². The molecule has 0 saturated heterocycles. The van der Waals surface area contributed by atoms with Gasteiger partial charge in [-0.2, -0.15) is 0 Å². The first-order valence-corrected chi connectivity index (χ1v) is 5.06. The minimum atomic E-state index is 0. The highest BCUT2D eigenvalue weighted by molar-refractivity contribution is 5.85. The van der Waals surface area contributed by atoms with Gasteiger partial charge in [-0.25, -0.2) is 0 Å². The van der Waals surface area contributed by atoms with Gasteiger partial charge in [0, 0.05) is 11.5 Å². The molecule has 1 aromatic carbocycles. The minimum absolute atomic E-state index is 0. The molecular weight excluding hydrogens is 194 g/mol.